The Hall–Kier alpha value is -2.64. The summed E-state index contributed by atoms with van der Waals surface area (Å²) in [4.78, 5) is 35.6. The Morgan fingerprint density at radius 1 is 1.16 bits per heavy atom. The lowest BCUT2D eigenvalue weighted by Crippen LogP contribution is -2.38. The highest BCUT2D eigenvalue weighted by Gasteiger charge is 2.50. The molecule has 2 fully saturated rings. The number of urea groups is 1. The van der Waals surface area contributed by atoms with Crippen LogP contribution in [0.15, 0.2) is 59.2 Å². The molecule has 164 valence electrons. The lowest BCUT2D eigenvalue weighted by atomic mass is 9.91. The summed E-state index contributed by atoms with van der Waals surface area (Å²) in [6.07, 6.45) is 3.64. The summed E-state index contributed by atoms with van der Waals surface area (Å²) in [7, 11) is 0. The molecule has 2 aromatic carbocycles. The van der Waals surface area contributed by atoms with E-state index in [1.165, 1.54) is 4.90 Å². The fourth-order valence-electron chi connectivity index (χ4n) is 4.38. The van der Waals surface area contributed by atoms with Crippen LogP contribution in [-0.2, 0) is 4.79 Å². The molecule has 1 saturated heterocycles. The third kappa shape index (κ3) is 3.84. The Bertz CT molecular complexity index is 1180. The molecule has 1 aromatic heterocycles. The normalized spacial score (nSPS) is 20.3. The predicted octanol–water partition coefficient (Wildman–Crippen LogP) is 5.67. The number of hydrogen-bond acceptors (Lipinski definition) is 3. The maximum absolute atomic E-state index is 13.3. The third-order valence-corrected chi connectivity index (χ3v) is 7.07. The van der Waals surface area contributed by atoms with E-state index in [9.17, 15) is 9.59 Å². The SMILES string of the molecule is C[C@@H](c1ccccc1)[C@@H](c1ncc(-c2ccc(Br)cc2Cl)[nH]1)N1C(=O)N[C@H](C2CC2)C1=O. The van der Waals surface area contributed by atoms with Gasteiger partial charge in [0.05, 0.1) is 16.9 Å². The molecular weight excluding hydrogens is 492 g/mol. The first-order chi connectivity index (χ1) is 15.4. The topological polar surface area (TPSA) is 78.1 Å². The smallest absolute Gasteiger partial charge is 0.325 e. The second-order valence-corrected chi connectivity index (χ2v) is 9.75. The summed E-state index contributed by atoms with van der Waals surface area (Å²) in [6, 6.07) is 14.1. The number of aromatic amines is 1. The third-order valence-electron chi connectivity index (χ3n) is 6.27. The van der Waals surface area contributed by atoms with Crippen molar-refractivity contribution in [1.29, 1.82) is 0 Å². The number of amides is 3. The van der Waals surface area contributed by atoms with Gasteiger partial charge in [-0.15, -0.1) is 0 Å². The number of nitrogens with one attached hydrogen (secondary N) is 2. The van der Waals surface area contributed by atoms with Crippen LogP contribution in [0.4, 0.5) is 4.79 Å². The summed E-state index contributed by atoms with van der Waals surface area (Å²) in [6.45, 7) is 2.01. The van der Waals surface area contributed by atoms with Gasteiger partial charge < -0.3 is 10.3 Å². The van der Waals surface area contributed by atoms with E-state index in [0.29, 0.717) is 10.8 Å². The van der Waals surface area contributed by atoms with E-state index in [2.05, 4.69) is 31.2 Å². The van der Waals surface area contributed by atoms with Gasteiger partial charge in [0.15, 0.2) is 0 Å². The van der Waals surface area contributed by atoms with Crippen LogP contribution in [0.3, 0.4) is 0 Å². The second kappa shape index (κ2) is 8.37. The van der Waals surface area contributed by atoms with E-state index in [0.717, 1.165) is 34.1 Å². The average Bonchev–Trinajstić information content (AvgIpc) is 3.44. The van der Waals surface area contributed by atoms with E-state index in [1.54, 1.807) is 6.20 Å². The van der Waals surface area contributed by atoms with Gasteiger partial charge >= 0.3 is 6.03 Å². The van der Waals surface area contributed by atoms with Gasteiger partial charge in [0.2, 0.25) is 0 Å². The van der Waals surface area contributed by atoms with Crippen LogP contribution >= 0.6 is 27.5 Å². The van der Waals surface area contributed by atoms with Gasteiger partial charge in [0, 0.05) is 16.0 Å². The molecule has 8 heteroatoms. The molecule has 0 unspecified atom stereocenters. The van der Waals surface area contributed by atoms with Crippen molar-refractivity contribution in [2.24, 2.45) is 5.92 Å². The number of aromatic nitrogens is 2. The number of halogens is 2. The van der Waals surface area contributed by atoms with Crippen molar-refractivity contribution in [2.75, 3.05) is 0 Å². The van der Waals surface area contributed by atoms with Crippen molar-refractivity contribution in [2.45, 2.75) is 37.8 Å². The Kier molecular flexibility index (Phi) is 5.55. The fourth-order valence-corrected chi connectivity index (χ4v) is 5.16. The van der Waals surface area contributed by atoms with Crippen LogP contribution in [0.1, 0.15) is 43.1 Å². The fraction of sp³-hybridized carbons (Fsp3) is 0.292. The number of carbonyl (C=O) groups excluding carboxylic acids is 2. The number of hydrogen-bond donors (Lipinski definition) is 2. The van der Waals surface area contributed by atoms with E-state index in [4.69, 9.17) is 11.6 Å². The Morgan fingerprint density at radius 2 is 1.91 bits per heavy atom. The van der Waals surface area contributed by atoms with Gasteiger partial charge in [0.25, 0.3) is 5.91 Å². The Labute approximate surface area is 199 Å². The molecule has 3 amide bonds. The molecule has 1 aliphatic carbocycles. The first-order valence-corrected chi connectivity index (χ1v) is 11.8. The maximum Gasteiger partial charge on any atom is 0.325 e. The molecule has 32 heavy (non-hydrogen) atoms. The van der Waals surface area contributed by atoms with Gasteiger partial charge in [-0.3, -0.25) is 9.69 Å². The van der Waals surface area contributed by atoms with Crippen LogP contribution in [0.25, 0.3) is 11.3 Å². The predicted molar refractivity (Wildman–Crippen MR) is 126 cm³/mol. The zero-order valence-corrected chi connectivity index (χ0v) is 19.7. The number of imidazole rings is 1. The van der Waals surface area contributed by atoms with Crippen LogP contribution in [0.5, 0.6) is 0 Å². The number of carbonyl (C=O) groups is 2. The molecule has 1 saturated carbocycles. The zero-order valence-electron chi connectivity index (χ0n) is 17.4. The van der Waals surface area contributed by atoms with E-state index < -0.39 is 12.1 Å². The highest BCUT2D eigenvalue weighted by atomic mass is 79.9. The van der Waals surface area contributed by atoms with Crippen LogP contribution in [-0.4, -0.2) is 32.8 Å². The molecule has 2 aliphatic rings. The van der Waals surface area contributed by atoms with Crippen molar-refractivity contribution in [3.05, 3.63) is 75.6 Å². The summed E-state index contributed by atoms with van der Waals surface area (Å²) < 4.78 is 0.881. The minimum atomic E-state index is -0.573. The lowest BCUT2D eigenvalue weighted by molar-refractivity contribution is -0.130. The minimum Gasteiger partial charge on any atom is -0.340 e. The molecule has 5 rings (SSSR count). The Morgan fingerprint density at radius 3 is 2.59 bits per heavy atom. The molecule has 3 aromatic rings. The summed E-state index contributed by atoms with van der Waals surface area (Å²) in [5.74, 6) is 0.446. The standard InChI is InChI=1S/C24H22BrClN4O2/c1-13(14-5-3-2-4-6-14)21(30-23(31)20(15-7-8-15)29-24(30)32)22-27-12-19(28-22)17-10-9-16(25)11-18(17)26/h2-6,9-13,15,20-21H,7-8H2,1H3,(H,27,28)(H,29,32)/t13-,20+,21-/m0/s1. The largest absolute Gasteiger partial charge is 0.340 e. The first kappa shape index (κ1) is 21.2. The number of rotatable bonds is 6. The summed E-state index contributed by atoms with van der Waals surface area (Å²) >= 11 is 9.86. The van der Waals surface area contributed by atoms with E-state index >= 15 is 0 Å². The molecule has 0 radical (unpaired) electrons. The summed E-state index contributed by atoms with van der Waals surface area (Å²) in [5, 5.41) is 3.47. The number of imide groups is 1. The van der Waals surface area contributed by atoms with Gasteiger partial charge in [-0.05, 0) is 36.5 Å². The molecule has 1 aliphatic heterocycles. The average molecular weight is 514 g/mol. The maximum atomic E-state index is 13.3. The monoisotopic (exact) mass is 512 g/mol. The van der Waals surface area contributed by atoms with Crippen molar-refractivity contribution < 1.29 is 9.59 Å². The number of benzene rings is 2. The van der Waals surface area contributed by atoms with Crippen molar-refractivity contribution in [3.8, 4) is 11.3 Å². The Balaban J connectivity index is 1.55. The van der Waals surface area contributed by atoms with E-state index in [-0.39, 0.29) is 23.8 Å². The number of H-pyrrole nitrogens is 1. The molecule has 3 atom stereocenters. The van der Waals surface area contributed by atoms with E-state index in [1.807, 2.05) is 55.5 Å². The van der Waals surface area contributed by atoms with Crippen LogP contribution in [0.2, 0.25) is 5.02 Å². The van der Waals surface area contributed by atoms with Gasteiger partial charge in [-0.25, -0.2) is 9.78 Å². The molecule has 2 N–H and O–H groups in total. The highest BCUT2D eigenvalue weighted by molar-refractivity contribution is 9.10. The van der Waals surface area contributed by atoms with Gasteiger partial charge in [-0.2, -0.15) is 0 Å². The van der Waals surface area contributed by atoms with Crippen LogP contribution in [0, 0.1) is 5.92 Å². The first-order valence-electron chi connectivity index (χ1n) is 10.6. The van der Waals surface area contributed by atoms with Crippen LogP contribution < -0.4 is 5.32 Å². The zero-order chi connectivity index (χ0) is 22.4. The van der Waals surface area contributed by atoms with Crippen molar-refractivity contribution in [1.82, 2.24) is 20.2 Å². The molecule has 2 heterocycles. The second-order valence-electron chi connectivity index (χ2n) is 8.42. The quantitative estimate of drug-likeness (QED) is 0.417. The minimum absolute atomic E-state index is 0.164. The van der Waals surface area contributed by atoms with Crippen molar-refractivity contribution in [3.63, 3.8) is 0 Å². The number of nitrogens with zero attached hydrogens (tertiary/aromatic N) is 2. The molecule has 6 nitrogen and oxygen atoms in total. The summed E-state index contributed by atoms with van der Waals surface area (Å²) in [5.41, 5.74) is 2.55. The molecule has 0 bridgehead atoms. The molecule has 0 spiro atoms. The van der Waals surface area contributed by atoms with Crippen molar-refractivity contribution >= 4 is 39.5 Å². The lowest BCUT2D eigenvalue weighted by Gasteiger charge is -2.29. The highest BCUT2D eigenvalue weighted by Crippen LogP contribution is 2.41. The molecular formula is C24H22BrClN4O2. The van der Waals surface area contributed by atoms with Gasteiger partial charge in [0.1, 0.15) is 17.9 Å². The van der Waals surface area contributed by atoms with Gasteiger partial charge in [-0.1, -0.05) is 70.9 Å².